The third kappa shape index (κ3) is 5.68. The zero-order valence-electron chi connectivity index (χ0n) is 11.4. The van der Waals surface area contributed by atoms with Crippen LogP contribution in [0.3, 0.4) is 0 Å². The number of carbonyl (C=O) groups excluding carboxylic acids is 2. The molecule has 0 aliphatic carbocycles. The molecule has 0 aliphatic heterocycles. The largest absolute Gasteiger partial charge is 0.355 e. The maximum Gasteiger partial charge on any atom is 0.242 e. The smallest absolute Gasteiger partial charge is 0.242 e. The zero-order valence-corrected chi connectivity index (χ0v) is 11.4. The molecule has 5 heteroatoms. The van der Waals surface area contributed by atoms with Crippen LogP contribution in [0.4, 0.5) is 0 Å². The highest BCUT2D eigenvalue weighted by Gasteiger charge is 2.30. The Morgan fingerprint density at radius 1 is 1.29 bits per heavy atom. The Balaban J connectivity index is 4.26. The van der Waals surface area contributed by atoms with Crippen LogP contribution >= 0.6 is 0 Å². The summed E-state index contributed by atoms with van der Waals surface area (Å²) in [6.45, 7) is 6.37. The van der Waals surface area contributed by atoms with E-state index in [1.165, 1.54) is 4.90 Å². The van der Waals surface area contributed by atoms with Gasteiger partial charge >= 0.3 is 0 Å². The van der Waals surface area contributed by atoms with Crippen LogP contribution in [-0.4, -0.2) is 42.4 Å². The van der Waals surface area contributed by atoms with E-state index < -0.39 is 5.54 Å². The average molecular weight is 243 g/mol. The van der Waals surface area contributed by atoms with Crippen molar-refractivity contribution < 1.29 is 9.59 Å². The molecule has 1 unspecified atom stereocenters. The quantitative estimate of drug-likeness (QED) is 0.683. The van der Waals surface area contributed by atoms with Gasteiger partial charge in [-0.25, -0.2) is 0 Å². The van der Waals surface area contributed by atoms with E-state index in [1.54, 1.807) is 14.0 Å². The Hall–Kier alpha value is -1.10. The minimum Gasteiger partial charge on any atom is -0.355 e. The Morgan fingerprint density at radius 2 is 1.88 bits per heavy atom. The lowest BCUT2D eigenvalue weighted by Gasteiger charge is -2.28. The van der Waals surface area contributed by atoms with Gasteiger partial charge in [0.05, 0.1) is 12.1 Å². The minimum absolute atomic E-state index is 0.0648. The van der Waals surface area contributed by atoms with Gasteiger partial charge in [-0.3, -0.25) is 9.59 Å². The van der Waals surface area contributed by atoms with Crippen molar-refractivity contribution in [3.8, 4) is 0 Å². The van der Waals surface area contributed by atoms with Crippen LogP contribution in [0.15, 0.2) is 0 Å². The van der Waals surface area contributed by atoms with Crippen LogP contribution in [-0.2, 0) is 9.59 Å². The van der Waals surface area contributed by atoms with Crippen molar-refractivity contribution in [2.45, 2.75) is 45.6 Å². The number of rotatable bonds is 7. The lowest BCUT2D eigenvalue weighted by molar-refractivity contribution is -0.138. The number of nitrogens with one attached hydrogen (secondary N) is 1. The molecule has 0 aliphatic rings. The van der Waals surface area contributed by atoms with E-state index in [-0.39, 0.29) is 18.4 Å². The molecular weight excluding hydrogens is 218 g/mol. The van der Waals surface area contributed by atoms with Crippen molar-refractivity contribution >= 4 is 11.8 Å². The maximum absolute atomic E-state index is 12.0. The summed E-state index contributed by atoms with van der Waals surface area (Å²) >= 11 is 0. The summed E-state index contributed by atoms with van der Waals surface area (Å²) in [5, 5.41) is 2.73. The topological polar surface area (TPSA) is 75.4 Å². The minimum atomic E-state index is -0.880. The van der Waals surface area contributed by atoms with Gasteiger partial charge in [0.1, 0.15) is 0 Å². The molecule has 2 amide bonds. The first-order valence-electron chi connectivity index (χ1n) is 6.16. The molecule has 0 rings (SSSR count). The molecule has 0 spiro atoms. The molecule has 0 aromatic rings. The summed E-state index contributed by atoms with van der Waals surface area (Å²) in [7, 11) is 1.61. The van der Waals surface area contributed by atoms with Crippen LogP contribution in [0.5, 0.6) is 0 Å². The molecule has 5 nitrogen and oxygen atoms in total. The van der Waals surface area contributed by atoms with Crippen molar-refractivity contribution in [3.05, 3.63) is 0 Å². The summed E-state index contributed by atoms with van der Waals surface area (Å²) in [4.78, 5) is 24.8. The van der Waals surface area contributed by atoms with Gasteiger partial charge in [-0.1, -0.05) is 20.3 Å². The van der Waals surface area contributed by atoms with Crippen molar-refractivity contribution in [1.82, 2.24) is 10.2 Å². The lowest BCUT2D eigenvalue weighted by atomic mass is 9.96. The van der Waals surface area contributed by atoms with E-state index in [0.29, 0.717) is 13.0 Å². The van der Waals surface area contributed by atoms with Gasteiger partial charge in [0, 0.05) is 13.6 Å². The fourth-order valence-corrected chi connectivity index (χ4v) is 1.67. The predicted octanol–water partition coefficient (Wildman–Crippen LogP) is 0.489. The molecule has 0 aromatic carbocycles. The average Bonchev–Trinajstić information content (AvgIpc) is 2.25. The number of carbonyl (C=O) groups is 2. The van der Waals surface area contributed by atoms with Crippen LogP contribution in [0.2, 0.25) is 0 Å². The summed E-state index contributed by atoms with van der Waals surface area (Å²) in [5.41, 5.74) is 5.04. The van der Waals surface area contributed by atoms with Gasteiger partial charge in [0.15, 0.2) is 0 Å². The number of nitrogens with two attached hydrogens (primary N) is 1. The van der Waals surface area contributed by atoms with Crippen LogP contribution in [0, 0.1) is 0 Å². The molecular formula is C12H25N3O2. The summed E-state index contributed by atoms with van der Waals surface area (Å²) in [6, 6.07) is 0. The van der Waals surface area contributed by atoms with Crippen LogP contribution < -0.4 is 11.1 Å². The lowest BCUT2D eigenvalue weighted by Crippen LogP contribution is -2.53. The van der Waals surface area contributed by atoms with Crippen LogP contribution in [0.25, 0.3) is 0 Å². The molecule has 0 fully saturated rings. The monoisotopic (exact) mass is 243 g/mol. The first kappa shape index (κ1) is 15.9. The fourth-order valence-electron chi connectivity index (χ4n) is 1.67. The molecule has 0 saturated carbocycles. The maximum atomic E-state index is 12.0. The second kappa shape index (κ2) is 7.27. The highest BCUT2D eigenvalue weighted by molar-refractivity contribution is 5.89. The van der Waals surface area contributed by atoms with Gasteiger partial charge in [-0.2, -0.15) is 0 Å². The number of amides is 2. The molecule has 0 radical (unpaired) electrons. The molecule has 100 valence electrons. The summed E-state index contributed by atoms with van der Waals surface area (Å²) in [6.07, 6.45) is 2.34. The van der Waals surface area contributed by atoms with Crippen molar-refractivity contribution in [2.24, 2.45) is 5.73 Å². The third-order valence-electron chi connectivity index (χ3n) is 2.56. The molecule has 0 saturated heterocycles. The number of hydrogen-bond donors (Lipinski definition) is 2. The van der Waals surface area contributed by atoms with E-state index in [0.717, 1.165) is 12.8 Å². The van der Waals surface area contributed by atoms with Crippen LogP contribution in [0.1, 0.15) is 40.0 Å². The van der Waals surface area contributed by atoms with E-state index in [4.69, 9.17) is 5.73 Å². The third-order valence-corrected chi connectivity index (χ3v) is 2.56. The Kier molecular flexibility index (Phi) is 6.80. The number of likely N-dealkylation sites (N-methyl/N-ethyl adjacent to an activating group) is 1. The second-order valence-corrected chi connectivity index (χ2v) is 4.68. The Morgan fingerprint density at radius 3 is 2.35 bits per heavy atom. The van der Waals surface area contributed by atoms with Gasteiger partial charge in [0.25, 0.3) is 0 Å². The van der Waals surface area contributed by atoms with Crippen molar-refractivity contribution in [3.63, 3.8) is 0 Å². The molecule has 3 N–H and O–H groups in total. The first-order chi connectivity index (χ1) is 7.85. The molecule has 0 heterocycles. The molecule has 0 bridgehead atoms. The van der Waals surface area contributed by atoms with E-state index in [9.17, 15) is 9.59 Å². The Bertz CT molecular complexity index is 264. The highest BCUT2D eigenvalue weighted by atomic mass is 16.2. The van der Waals surface area contributed by atoms with Gasteiger partial charge < -0.3 is 16.0 Å². The standard InChI is InChI=1S/C12H25N3O2/c1-5-7-12(3,13)11(17)15(4)9-10(16)14-8-6-2/h5-9,13H2,1-4H3,(H,14,16). The Labute approximate surface area is 104 Å². The number of nitrogens with zero attached hydrogens (tertiary/aromatic N) is 1. The first-order valence-corrected chi connectivity index (χ1v) is 6.16. The van der Waals surface area contributed by atoms with Gasteiger partial charge in [-0.15, -0.1) is 0 Å². The molecule has 0 aromatic heterocycles. The summed E-state index contributed by atoms with van der Waals surface area (Å²) in [5.74, 6) is -0.332. The normalized spacial score (nSPS) is 13.9. The zero-order chi connectivity index (χ0) is 13.5. The highest BCUT2D eigenvalue weighted by Crippen LogP contribution is 2.11. The molecule has 1 atom stereocenters. The number of hydrogen-bond acceptors (Lipinski definition) is 3. The van der Waals surface area contributed by atoms with Crippen molar-refractivity contribution in [1.29, 1.82) is 0 Å². The predicted molar refractivity (Wildman–Crippen MR) is 68.4 cm³/mol. The van der Waals surface area contributed by atoms with E-state index >= 15 is 0 Å². The molecule has 17 heavy (non-hydrogen) atoms. The van der Waals surface area contributed by atoms with Gasteiger partial charge in [0.2, 0.25) is 11.8 Å². The van der Waals surface area contributed by atoms with E-state index in [1.807, 2.05) is 13.8 Å². The fraction of sp³-hybridized carbons (Fsp3) is 0.833. The SMILES string of the molecule is CCCNC(=O)CN(C)C(=O)C(C)(N)CCC. The van der Waals surface area contributed by atoms with E-state index in [2.05, 4.69) is 5.32 Å². The summed E-state index contributed by atoms with van der Waals surface area (Å²) < 4.78 is 0. The van der Waals surface area contributed by atoms with Gasteiger partial charge in [-0.05, 0) is 19.8 Å². The van der Waals surface area contributed by atoms with Crippen molar-refractivity contribution in [2.75, 3.05) is 20.1 Å². The second-order valence-electron chi connectivity index (χ2n) is 4.68.